The zero-order valence-corrected chi connectivity index (χ0v) is 10.7. The molecule has 0 aliphatic carbocycles. The predicted octanol–water partition coefficient (Wildman–Crippen LogP) is 2.05. The average molecular weight is 298 g/mol. The quantitative estimate of drug-likeness (QED) is 0.905. The van der Waals surface area contributed by atoms with Crippen LogP contribution in [0.3, 0.4) is 0 Å². The van der Waals surface area contributed by atoms with Crippen LogP contribution in [-0.2, 0) is 6.54 Å². The van der Waals surface area contributed by atoms with E-state index in [0.29, 0.717) is 5.01 Å². The van der Waals surface area contributed by atoms with E-state index in [1.54, 1.807) is 0 Å². The van der Waals surface area contributed by atoms with Crippen LogP contribution in [-0.4, -0.2) is 22.0 Å². The number of carboxylic acids is 1. The number of carboxylic acid groups (broad SMARTS) is 1. The van der Waals surface area contributed by atoms with Gasteiger partial charge >= 0.3 is 5.97 Å². The largest absolute Gasteiger partial charge is 0.476 e. The van der Waals surface area contributed by atoms with Crippen molar-refractivity contribution in [1.29, 1.82) is 0 Å². The molecule has 1 heterocycles. The molecule has 0 radical (unpaired) electrons. The van der Waals surface area contributed by atoms with Gasteiger partial charge in [-0.1, -0.05) is 6.07 Å². The zero-order valence-electron chi connectivity index (χ0n) is 9.89. The molecule has 0 saturated heterocycles. The maximum absolute atomic E-state index is 13.3. The van der Waals surface area contributed by atoms with Gasteiger partial charge in [-0.2, -0.15) is 0 Å². The number of rotatable bonds is 4. The Morgan fingerprint density at radius 2 is 1.95 bits per heavy atom. The smallest absolute Gasteiger partial charge is 0.355 e. The van der Waals surface area contributed by atoms with Crippen molar-refractivity contribution < 1.29 is 23.5 Å². The molecule has 2 N–H and O–H groups in total. The third-order valence-electron chi connectivity index (χ3n) is 2.36. The molecule has 5 nitrogen and oxygen atoms in total. The lowest BCUT2D eigenvalue weighted by Gasteiger charge is -2.05. The lowest BCUT2D eigenvalue weighted by atomic mass is 10.2. The summed E-state index contributed by atoms with van der Waals surface area (Å²) in [6.07, 6.45) is 0. The first kappa shape index (κ1) is 14.1. The Bertz CT molecular complexity index is 652. The third-order valence-corrected chi connectivity index (χ3v) is 3.21. The van der Waals surface area contributed by atoms with Crippen molar-refractivity contribution in [2.45, 2.75) is 6.54 Å². The molecule has 0 atom stereocenters. The third kappa shape index (κ3) is 2.97. The highest BCUT2D eigenvalue weighted by Crippen LogP contribution is 2.13. The Balaban J connectivity index is 2.07. The zero-order chi connectivity index (χ0) is 14.7. The van der Waals surface area contributed by atoms with E-state index in [2.05, 4.69) is 10.3 Å². The van der Waals surface area contributed by atoms with Crippen LogP contribution in [0.2, 0.25) is 0 Å². The topological polar surface area (TPSA) is 79.3 Å². The van der Waals surface area contributed by atoms with Gasteiger partial charge in [0.2, 0.25) is 0 Å². The summed E-state index contributed by atoms with van der Waals surface area (Å²) in [7, 11) is 0. The normalized spacial score (nSPS) is 10.3. The lowest BCUT2D eigenvalue weighted by molar-refractivity contribution is 0.0691. The Morgan fingerprint density at radius 3 is 2.50 bits per heavy atom. The molecular formula is C12H8F2N2O3S. The number of halogens is 2. The Hall–Kier alpha value is -2.35. The summed E-state index contributed by atoms with van der Waals surface area (Å²) >= 11 is 1.03. The van der Waals surface area contributed by atoms with Crippen LogP contribution in [0.15, 0.2) is 23.6 Å². The van der Waals surface area contributed by atoms with E-state index in [-0.39, 0.29) is 12.2 Å². The van der Waals surface area contributed by atoms with Crippen molar-refractivity contribution in [2.75, 3.05) is 0 Å². The van der Waals surface area contributed by atoms with Crippen LogP contribution >= 0.6 is 11.3 Å². The highest BCUT2D eigenvalue weighted by Gasteiger charge is 2.17. The summed E-state index contributed by atoms with van der Waals surface area (Å²) in [5.41, 5.74) is -0.821. The van der Waals surface area contributed by atoms with E-state index in [4.69, 9.17) is 5.11 Å². The molecule has 104 valence electrons. The molecule has 8 heteroatoms. The number of hydrogen-bond acceptors (Lipinski definition) is 4. The van der Waals surface area contributed by atoms with E-state index < -0.39 is 29.1 Å². The fourth-order valence-corrected chi connectivity index (χ4v) is 2.16. The maximum Gasteiger partial charge on any atom is 0.355 e. The van der Waals surface area contributed by atoms with Crippen molar-refractivity contribution in [3.63, 3.8) is 0 Å². The van der Waals surface area contributed by atoms with Gasteiger partial charge in [-0.05, 0) is 12.1 Å². The molecule has 0 fully saturated rings. The molecule has 0 spiro atoms. The summed E-state index contributed by atoms with van der Waals surface area (Å²) < 4.78 is 26.7. The number of carbonyl (C=O) groups is 2. The first-order valence-corrected chi connectivity index (χ1v) is 6.27. The van der Waals surface area contributed by atoms with Gasteiger partial charge < -0.3 is 10.4 Å². The molecule has 1 amide bonds. The van der Waals surface area contributed by atoms with E-state index in [0.717, 1.165) is 29.5 Å². The van der Waals surface area contributed by atoms with Gasteiger partial charge in [0, 0.05) is 5.38 Å². The number of hydrogen-bond donors (Lipinski definition) is 2. The van der Waals surface area contributed by atoms with Crippen molar-refractivity contribution >= 4 is 23.2 Å². The lowest BCUT2D eigenvalue weighted by Crippen LogP contribution is -2.25. The minimum Gasteiger partial charge on any atom is -0.476 e. The fraction of sp³-hybridized carbons (Fsp3) is 0.0833. The summed E-state index contributed by atoms with van der Waals surface area (Å²) in [6, 6.07) is 3.11. The molecule has 20 heavy (non-hydrogen) atoms. The monoisotopic (exact) mass is 298 g/mol. The van der Waals surface area contributed by atoms with Gasteiger partial charge in [0.1, 0.15) is 22.2 Å². The first-order valence-electron chi connectivity index (χ1n) is 5.39. The summed E-state index contributed by atoms with van der Waals surface area (Å²) in [4.78, 5) is 26.0. The fourth-order valence-electron chi connectivity index (χ4n) is 1.45. The Morgan fingerprint density at radius 1 is 1.30 bits per heavy atom. The molecule has 0 aliphatic heterocycles. The van der Waals surface area contributed by atoms with Crippen molar-refractivity contribution in [1.82, 2.24) is 10.3 Å². The molecule has 0 aliphatic rings. The van der Waals surface area contributed by atoms with Gasteiger partial charge in [-0.3, -0.25) is 4.79 Å². The average Bonchev–Trinajstić information content (AvgIpc) is 2.85. The molecule has 0 saturated carbocycles. The Labute approximate surface area is 115 Å². The molecule has 2 rings (SSSR count). The van der Waals surface area contributed by atoms with E-state index in [1.165, 1.54) is 5.38 Å². The summed E-state index contributed by atoms with van der Waals surface area (Å²) in [5.74, 6) is -4.03. The van der Waals surface area contributed by atoms with E-state index >= 15 is 0 Å². The molecule has 2 aromatic rings. The van der Waals surface area contributed by atoms with Crippen LogP contribution in [0.4, 0.5) is 8.78 Å². The second kappa shape index (κ2) is 5.74. The highest BCUT2D eigenvalue weighted by molar-refractivity contribution is 7.09. The van der Waals surface area contributed by atoms with Gasteiger partial charge in [-0.25, -0.2) is 18.6 Å². The van der Waals surface area contributed by atoms with Gasteiger partial charge in [-0.15, -0.1) is 11.3 Å². The van der Waals surface area contributed by atoms with Crippen LogP contribution in [0.1, 0.15) is 25.9 Å². The van der Waals surface area contributed by atoms with Gasteiger partial charge in [0.25, 0.3) is 5.91 Å². The molecule has 1 aromatic carbocycles. The van der Waals surface area contributed by atoms with Gasteiger partial charge in [0.15, 0.2) is 5.69 Å². The number of thiazole rings is 1. The van der Waals surface area contributed by atoms with E-state index in [9.17, 15) is 18.4 Å². The van der Waals surface area contributed by atoms with Crippen molar-refractivity contribution in [3.05, 3.63) is 51.5 Å². The minimum atomic E-state index is -1.18. The van der Waals surface area contributed by atoms with Crippen molar-refractivity contribution in [3.8, 4) is 0 Å². The number of nitrogens with zero attached hydrogens (tertiary/aromatic N) is 1. The van der Waals surface area contributed by atoms with E-state index in [1.807, 2.05) is 0 Å². The van der Waals surface area contributed by atoms with Gasteiger partial charge in [0.05, 0.1) is 6.54 Å². The first-order chi connectivity index (χ1) is 9.49. The Kier molecular flexibility index (Phi) is 4.04. The maximum atomic E-state index is 13.3. The second-order valence-electron chi connectivity index (χ2n) is 3.71. The summed E-state index contributed by atoms with van der Waals surface area (Å²) in [6.45, 7) is -0.107. The molecule has 0 unspecified atom stereocenters. The SMILES string of the molecule is O=C(O)c1csc(CNC(=O)c2c(F)cccc2F)n1. The van der Waals surface area contributed by atoms with Crippen LogP contribution < -0.4 is 5.32 Å². The molecule has 1 aromatic heterocycles. The number of aromatic carboxylic acids is 1. The standard InChI is InChI=1S/C12H8F2N2O3S/c13-6-2-1-3-7(14)10(6)11(17)15-4-9-16-8(5-20-9)12(18)19/h1-3,5H,4H2,(H,15,17)(H,18,19). The second-order valence-corrected chi connectivity index (χ2v) is 4.65. The van der Waals surface area contributed by atoms with Crippen LogP contribution in [0.5, 0.6) is 0 Å². The number of amides is 1. The number of carbonyl (C=O) groups excluding carboxylic acids is 1. The molecular weight excluding hydrogens is 290 g/mol. The highest BCUT2D eigenvalue weighted by atomic mass is 32.1. The van der Waals surface area contributed by atoms with Crippen molar-refractivity contribution in [2.24, 2.45) is 0 Å². The van der Waals surface area contributed by atoms with Crippen LogP contribution in [0, 0.1) is 11.6 Å². The van der Waals surface area contributed by atoms with Crippen LogP contribution in [0.25, 0.3) is 0 Å². The predicted molar refractivity (Wildman–Crippen MR) is 66.6 cm³/mol. The number of nitrogens with one attached hydrogen (secondary N) is 1. The number of aromatic nitrogens is 1. The number of benzene rings is 1. The minimum absolute atomic E-state index is 0.107. The molecule has 0 bridgehead atoms. The summed E-state index contributed by atoms with van der Waals surface area (Å²) in [5, 5.41) is 12.6.